The maximum atomic E-state index is 13.0. The van der Waals surface area contributed by atoms with Crippen LogP contribution >= 0.6 is 11.6 Å². The largest absolute Gasteiger partial charge is 0.465 e. The zero-order chi connectivity index (χ0) is 23.7. The third-order valence-corrected chi connectivity index (χ3v) is 7.08. The first-order valence-electron chi connectivity index (χ1n) is 11.3. The van der Waals surface area contributed by atoms with Crippen molar-refractivity contribution in [2.75, 3.05) is 6.61 Å². The zero-order valence-corrected chi connectivity index (χ0v) is 19.7. The summed E-state index contributed by atoms with van der Waals surface area (Å²) in [7, 11) is 0. The molecule has 2 saturated carbocycles. The molecule has 2 aliphatic carbocycles. The lowest BCUT2D eigenvalue weighted by atomic mass is 9.99. The molecule has 0 spiro atoms. The average Bonchev–Trinajstić information content (AvgIpc) is 3.13. The molecule has 3 aromatic rings. The van der Waals surface area contributed by atoms with Crippen LogP contribution in [0.25, 0.3) is 11.2 Å². The number of hydrogen-bond acceptors (Lipinski definition) is 7. The molecule has 9 heteroatoms. The van der Waals surface area contributed by atoms with Crippen molar-refractivity contribution in [3.63, 3.8) is 0 Å². The normalized spacial score (nSPS) is 30.4. The van der Waals surface area contributed by atoms with Crippen molar-refractivity contribution in [2.24, 2.45) is 11.3 Å². The predicted molar refractivity (Wildman–Crippen MR) is 123 cm³/mol. The van der Waals surface area contributed by atoms with Gasteiger partial charge in [0.15, 0.2) is 11.4 Å². The van der Waals surface area contributed by atoms with Gasteiger partial charge in [-0.3, -0.25) is 4.79 Å². The third kappa shape index (κ3) is 3.15. The number of ether oxygens (including phenoxy) is 3. The summed E-state index contributed by atoms with van der Waals surface area (Å²) in [6.45, 7) is 5.86. The van der Waals surface area contributed by atoms with E-state index in [1.54, 1.807) is 6.33 Å². The third-order valence-electron chi connectivity index (χ3n) is 6.91. The van der Waals surface area contributed by atoms with Crippen LogP contribution in [0.3, 0.4) is 0 Å². The number of carbonyl (C=O) groups is 1. The molecule has 34 heavy (non-hydrogen) atoms. The highest BCUT2D eigenvalue weighted by molar-refractivity contribution is 6.28. The van der Waals surface area contributed by atoms with Crippen LogP contribution in [0.15, 0.2) is 36.7 Å². The molecule has 3 aliphatic rings. The van der Waals surface area contributed by atoms with Crippen LogP contribution in [-0.2, 0) is 19.0 Å². The van der Waals surface area contributed by atoms with Gasteiger partial charge in [-0.15, -0.1) is 0 Å². The lowest BCUT2D eigenvalue weighted by Gasteiger charge is -2.24. The molecule has 5 atom stereocenters. The van der Waals surface area contributed by atoms with Gasteiger partial charge in [0.2, 0.25) is 5.28 Å². The maximum absolute atomic E-state index is 13.0. The van der Waals surface area contributed by atoms with E-state index in [9.17, 15) is 4.79 Å². The first kappa shape index (κ1) is 21.5. The van der Waals surface area contributed by atoms with Crippen LogP contribution in [0.2, 0.25) is 5.28 Å². The van der Waals surface area contributed by atoms with E-state index in [4.69, 9.17) is 25.8 Å². The van der Waals surface area contributed by atoms with Crippen molar-refractivity contribution in [1.82, 2.24) is 19.5 Å². The summed E-state index contributed by atoms with van der Waals surface area (Å²) in [6, 6.07) is 9.42. The molecule has 6 rings (SSSR count). The van der Waals surface area contributed by atoms with Crippen LogP contribution in [0.4, 0.5) is 0 Å². The number of rotatable bonds is 3. The summed E-state index contributed by atoms with van der Waals surface area (Å²) in [4.78, 5) is 26.4. The summed E-state index contributed by atoms with van der Waals surface area (Å²) >= 11 is 6.30. The molecule has 2 aromatic heterocycles. The molecule has 0 amide bonds. The lowest BCUT2D eigenvalue weighted by Crippen LogP contribution is -2.36. The van der Waals surface area contributed by atoms with E-state index in [1.165, 1.54) is 0 Å². The summed E-state index contributed by atoms with van der Waals surface area (Å²) in [6.07, 6.45) is 1.63. The number of carbonyl (C=O) groups excluding carboxylic acids is 1. The van der Waals surface area contributed by atoms with Crippen molar-refractivity contribution >= 4 is 28.7 Å². The summed E-state index contributed by atoms with van der Waals surface area (Å²) in [5.41, 5.74) is 1.70. The number of nitrogens with zero attached hydrogens (tertiary/aromatic N) is 4. The minimum absolute atomic E-state index is 0.0114. The quantitative estimate of drug-likeness (QED) is 0.323. The van der Waals surface area contributed by atoms with Gasteiger partial charge in [0.25, 0.3) is 0 Å². The van der Waals surface area contributed by atoms with E-state index in [2.05, 4.69) is 26.8 Å². The summed E-state index contributed by atoms with van der Waals surface area (Å²) < 4.78 is 19.9. The van der Waals surface area contributed by atoms with E-state index in [0.29, 0.717) is 29.9 Å². The molecule has 0 N–H and O–H groups in total. The predicted octanol–water partition coefficient (Wildman–Crippen LogP) is 3.52. The van der Waals surface area contributed by atoms with E-state index in [-0.39, 0.29) is 29.3 Å². The Labute approximate surface area is 201 Å². The molecule has 1 aliphatic heterocycles. The second-order valence-electron chi connectivity index (χ2n) is 9.36. The SMILES string of the molecule is CCOC(=O)[C@@]12C[C@@H]1[C@@H](n1cnc3c(C#Cc4ccccc4)nc(Cl)nc31)[C@@H]1OC(C)(C)O[C@@H]12. The highest BCUT2D eigenvalue weighted by Gasteiger charge is 2.80. The topological polar surface area (TPSA) is 88.4 Å². The standard InChI is InChI=1S/C25H23ClN4O4/c1-4-32-22(31)25-12-15(25)18(19-20(25)34-24(2,3)33-19)30-13-27-17-16(28-23(26)29-21(17)30)11-10-14-8-6-5-7-9-14/h5-9,13,15,18-20H,4,12H2,1-3H3/t15-,18-,19+,20+,25+/m1/s1. The molecule has 0 radical (unpaired) electrons. The second-order valence-corrected chi connectivity index (χ2v) is 9.70. The number of benzene rings is 1. The van der Waals surface area contributed by atoms with Crippen LogP contribution in [0.1, 0.15) is 44.5 Å². The molecule has 0 unspecified atom stereocenters. The van der Waals surface area contributed by atoms with E-state index >= 15 is 0 Å². The van der Waals surface area contributed by atoms with Gasteiger partial charge in [0.1, 0.15) is 28.8 Å². The van der Waals surface area contributed by atoms with Gasteiger partial charge >= 0.3 is 5.97 Å². The summed E-state index contributed by atoms with van der Waals surface area (Å²) in [5.74, 6) is 5.13. The Balaban J connectivity index is 1.43. The Hall–Kier alpha value is -2.99. The number of aromatic nitrogens is 4. The van der Waals surface area contributed by atoms with Gasteiger partial charge in [0, 0.05) is 11.5 Å². The summed E-state index contributed by atoms with van der Waals surface area (Å²) in [5, 5.41) is 0.0810. The molecule has 174 valence electrons. The van der Waals surface area contributed by atoms with E-state index < -0.39 is 17.3 Å². The molecule has 3 fully saturated rings. The zero-order valence-electron chi connectivity index (χ0n) is 19.0. The Kier molecular flexibility index (Phi) is 4.75. The molecule has 8 nitrogen and oxygen atoms in total. The van der Waals surface area contributed by atoms with Crippen molar-refractivity contribution in [1.29, 1.82) is 0 Å². The van der Waals surface area contributed by atoms with Gasteiger partial charge in [-0.05, 0) is 56.8 Å². The number of hydrogen-bond donors (Lipinski definition) is 0. The molecular formula is C25H23ClN4O4. The van der Waals surface area contributed by atoms with Crippen molar-refractivity contribution in [3.8, 4) is 11.8 Å². The van der Waals surface area contributed by atoms with E-state index in [0.717, 1.165) is 5.56 Å². The Bertz CT molecular complexity index is 1360. The monoisotopic (exact) mass is 478 g/mol. The Morgan fingerprint density at radius 2 is 2.03 bits per heavy atom. The maximum Gasteiger partial charge on any atom is 0.315 e. The highest BCUT2D eigenvalue weighted by atomic mass is 35.5. The number of fused-ring (bicyclic) bond motifs is 4. The molecule has 1 aromatic carbocycles. The molecular weight excluding hydrogens is 456 g/mol. The van der Waals surface area contributed by atoms with Crippen molar-refractivity contribution in [3.05, 3.63) is 53.2 Å². The fourth-order valence-electron chi connectivity index (χ4n) is 5.54. The van der Waals surface area contributed by atoms with Crippen molar-refractivity contribution < 1.29 is 19.0 Å². The van der Waals surface area contributed by atoms with Crippen LogP contribution in [0.5, 0.6) is 0 Å². The average molecular weight is 479 g/mol. The van der Waals surface area contributed by atoms with Gasteiger partial charge < -0.3 is 18.8 Å². The lowest BCUT2D eigenvalue weighted by molar-refractivity contribution is -0.172. The second kappa shape index (κ2) is 7.51. The minimum atomic E-state index is -0.810. The number of imidazole rings is 1. The molecule has 1 saturated heterocycles. The van der Waals surface area contributed by atoms with Gasteiger partial charge in [-0.1, -0.05) is 24.1 Å². The van der Waals surface area contributed by atoms with Gasteiger partial charge in [0.05, 0.1) is 19.0 Å². The van der Waals surface area contributed by atoms with Crippen molar-refractivity contribution in [2.45, 2.75) is 51.2 Å². The fraction of sp³-hybridized carbons (Fsp3) is 0.440. The Morgan fingerprint density at radius 1 is 1.24 bits per heavy atom. The fourth-order valence-corrected chi connectivity index (χ4v) is 5.70. The first-order chi connectivity index (χ1) is 16.3. The van der Waals surface area contributed by atoms with Gasteiger partial charge in [-0.25, -0.2) is 9.97 Å². The molecule has 0 bridgehead atoms. The first-order valence-corrected chi connectivity index (χ1v) is 11.7. The van der Waals surface area contributed by atoms with Crippen LogP contribution in [-0.4, -0.2) is 50.1 Å². The van der Waals surface area contributed by atoms with E-state index in [1.807, 2.05) is 55.7 Å². The number of halogens is 1. The number of esters is 1. The minimum Gasteiger partial charge on any atom is -0.465 e. The van der Waals surface area contributed by atoms with Crippen LogP contribution < -0.4 is 0 Å². The molecule has 3 heterocycles. The van der Waals surface area contributed by atoms with Gasteiger partial charge in [-0.2, -0.15) is 4.98 Å². The smallest absolute Gasteiger partial charge is 0.315 e. The van der Waals surface area contributed by atoms with Crippen LogP contribution in [0, 0.1) is 23.2 Å². The highest BCUT2D eigenvalue weighted by Crippen LogP contribution is 2.72. The Morgan fingerprint density at radius 3 is 2.79 bits per heavy atom.